The van der Waals surface area contributed by atoms with Crippen molar-refractivity contribution in [3.8, 4) is 0 Å². The van der Waals surface area contributed by atoms with Crippen molar-refractivity contribution in [1.29, 1.82) is 0 Å². The van der Waals surface area contributed by atoms with Gasteiger partial charge in [0, 0.05) is 4.83 Å². The third kappa shape index (κ3) is 3.98. The summed E-state index contributed by atoms with van der Waals surface area (Å²) >= 11 is 3.67. The van der Waals surface area contributed by atoms with E-state index < -0.39 is 0 Å². The average Bonchev–Trinajstić information content (AvgIpc) is 2.17. The Hall–Kier alpha value is -0.300. The Morgan fingerprint density at radius 2 is 1.67 bits per heavy atom. The van der Waals surface area contributed by atoms with Crippen molar-refractivity contribution in [2.75, 3.05) is 0 Å². The van der Waals surface area contributed by atoms with Crippen LogP contribution in [0.15, 0.2) is 24.3 Å². The van der Waals surface area contributed by atoms with E-state index in [1.807, 2.05) is 0 Å². The van der Waals surface area contributed by atoms with Gasteiger partial charge >= 0.3 is 0 Å². The molecule has 84 valence electrons. The smallest absolute Gasteiger partial charge is 0.0183 e. The fraction of sp³-hybridized carbons (Fsp3) is 0.571. The fourth-order valence-corrected chi connectivity index (χ4v) is 1.91. The maximum atomic E-state index is 3.67. The second-order valence-corrected chi connectivity index (χ2v) is 6.45. The van der Waals surface area contributed by atoms with Gasteiger partial charge in [0.25, 0.3) is 0 Å². The molecule has 1 atom stereocenters. The van der Waals surface area contributed by atoms with E-state index in [-0.39, 0.29) is 5.41 Å². The first-order valence-corrected chi connectivity index (χ1v) is 6.58. The molecule has 0 aliphatic rings. The molecule has 0 aliphatic heterocycles. The van der Waals surface area contributed by atoms with Gasteiger partial charge in [0.05, 0.1) is 0 Å². The number of benzene rings is 1. The molecular formula is C14H21Br. The third-order valence-corrected chi connectivity index (χ3v) is 3.69. The average molecular weight is 269 g/mol. The fourth-order valence-electron chi connectivity index (χ4n) is 1.54. The van der Waals surface area contributed by atoms with Gasteiger partial charge in [-0.15, -0.1) is 0 Å². The summed E-state index contributed by atoms with van der Waals surface area (Å²) in [6.07, 6.45) is 2.31. The molecule has 0 aliphatic carbocycles. The van der Waals surface area contributed by atoms with Crippen molar-refractivity contribution in [1.82, 2.24) is 0 Å². The molecule has 0 N–H and O–H groups in total. The van der Waals surface area contributed by atoms with Gasteiger partial charge in [0.2, 0.25) is 0 Å². The number of hydrogen-bond acceptors (Lipinski definition) is 0. The van der Waals surface area contributed by atoms with E-state index >= 15 is 0 Å². The minimum absolute atomic E-state index is 0.261. The molecule has 1 aromatic rings. The highest BCUT2D eigenvalue weighted by atomic mass is 79.9. The molecule has 0 fully saturated rings. The minimum atomic E-state index is 0.261. The Morgan fingerprint density at radius 1 is 1.13 bits per heavy atom. The van der Waals surface area contributed by atoms with Crippen molar-refractivity contribution in [2.45, 2.75) is 50.8 Å². The molecule has 1 heteroatoms. The van der Waals surface area contributed by atoms with Crippen molar-refractivity contribution in [3.05, 3.63) is 35.4 Å². The van der Waals surface area contributed by atoms with E-state index in [0.717, 1.165) is 6.42 Å². The van der Waals surface area contributed by atoms with Gasteiger partial charge in [-0.25, -0.2) is 0 Å². The Kier molecular flexibility index (Phi) is 4.39. The monoisotopic (exact) mass is 268 g/mol. The van der Waals surface area contributed by atoms with E-state index in [1.165, 1.54) is 17.5 Å². The zero-order valence-electron chi connectivity index (χ0n) is 10.2. The summed E-state index contributed by atoms with van der Waals surface area (Å²) in [5, 5.41) is 0. The van der Waals surface area contributed by atoms with Crippen LogP contribution in [0, 0.1) is 0 Å². The Balaban J connectivity index is 2.73. The van der Waals surface area contributed by atoms with Crippen molar-refractivity contribution in [2.24, 2.45) is 0 Å². The summed E-state index contributed by atoms with van der Waals surface area (Å²) < 4.78 is 0. The lowest BCUT2D eigenvalue weighted by molar-refractivity contribution is 0.590. The second kappa shape index (κ2) is 5.16. The van der Waals surface area contributed by atoms with Crippen LogP contribution >= 0.6 is 15.9 Å². The Bertz CT molecular complexity index is 292. The van der Waals surface area contributed by atoms with Crippen LogP contribution in [-0.2, 0) is 11.8 Å². The van der Waals surface area contributed by atoms with E-state index in [1.54, 1.807) is 0 Å². The van der Waals surface area contributed by atoms with Gasteiger partial charge in [0.1, 0.15) is 0 Å². The zero-order chi connectivity index (χ0) is 11.5. The maximum Gasteiger partial charge on any atom is 0.0183 e. The van der Waals surface area contributed by atoms with E-state index in [0.29, 0.717) is 4.83 Å². The van der Waals surface area contributed by atoms with Crippen LogP contribution in [0.25, 0.3) is 0 Å². The highest BCUT2D eigenvalue weighted by Gasteiger charge is 2.13. The maximum absolute atomic E-state index is 3.67. The predicted octanol–water partition coefficient (Wildman–Crippen LogP) is 4.70. The van der Waals surface area contributed by atoms with E-state index in [9.17, 15) is 0 Å². The quantitative estimate of drug-likeness (QED) is 0.698. The molecule has 1 rings (SSSR count). The summed E-state index contributed by atoms with van der Waals surface area (Å²) in [6, 6.07) is 9.02. The van der Waals surface area contributed by atoms with Gasteiger partial charge in [-0.05, 0) is 29.4 Å². The van der Waals surface area contributed by atoms with E-state index in [2.05, 4.69) is 67.9 Å². The van der Waals surface area contributed by atoms with Crippen LogP contribution in [-0.4, -0.2) is 4.83 Å². The molecule has 0 aromatic heterocycles. The lowest BCUT2D eigenvalue weighted by atomic mass is 9.86. The van der Waals surface area contributed by atoms with Crippen molar-refractivity contribution < 1.29 is 0 Å². The first kappa shape index (κ1) is 12.8. The number of hydrogen-bond donors (Lipinski definition) is 0. The zero-order valence-corrected chi connectivity index (χ0v) is 11.8. The lowest BCUT2D eigenvalue weighted by Gasteiger charge is -2.19. The number of alkyl halides is 1. The summed E-state index contributed by atoms with van der Waals surface area (Å²) in [5.41, 5.74) is 3.09. The van der Waals surface area contributed by atoms with Crippen LogP contribution < -0.4 is 0 Å². The molecule has 0 spiro atoms. The van der Waals surface area contributed by atoms with Gasteiger partial charge in [-0.1, -0.05) is 67.9 Å². The standard InChI is InChI=1S/C14H21Br/c1-5-13(15)10-11-6-8-12(9-7-11)14(2,3)4/h6-9,13H,5,10H2,1-4H3. The minimum Gasteiger partial charge on any atom is -0.0887 e. The van der Waals surface area contributed by atoms with Crippen LogP contribution in [0.5, 0.6) is 0 Å². The Labute approximate surface area is 102 Å². The van der Waals surface area contributed by atoms with Crippen LogP contribution in [0.3, 0.4) is 0 Å². The number of rotatable bonds is 3. The molecule has 0 amide bonds. The molecule has 0 saturated carbocycles. The van der Waals surface area contributed by atoms with Crippen LogP contribution in [0.4, 0.5) is 0 Å². The van der Waals surface area contributed by atoms with Gasteiger partial charge in [0.15, 0.2) is 0 Å². The summed E-state index contributed by atoms with van der Waals surface area (Å²) in [7, 11) is 0. The molecule has 0 heterocycles. The molecule has 0 nitrogen and oxygen atoms in total. The van der Waals surface area contributed by atoms with Gasteiger partial charge < -0.3 is 0 Å². The van der Waals surface area contributed by atoms with Crippen molar-refractivity contribution >= 4 is 15.9 Å². The summed E-state index contributed by atoms with van der Waals surface area (Å²) in [5.74, 6) is 0. The molecule has 1 unspecified atom stereocenters. The molecule has 0 radical (unpaired) electrons. The summed E-state index contributed by atoms with van der Waals surface area (Å²) in [4.78, 5) is 0.609. The molecular weight excluding hydrogens is 248 g/mol. The second-order valence-electron chi connectivity index (χ2n) is 5.16. The van der Waals surface area contributed by atoms with Gasteiger partial charge in [-0.2, -0.15) is 0 Å². The molecule has 1 aromatic carbocycles. The Morgan fingerprint density at radius 3 is 2.07 bits per heavy atom. The lowest BCUT2D eigenvalue weighted by Crippen LogP contribution is -2.11. The topological polar surface area (TPSA) is 0 Å². The van der Waals surface area contributed by atoms with Crippen LogP contribution in [0.2, 0.25) is 0 Å². The first-order valence-electron chi connectivity index (χ1n) is 5.67. The van der Waals surface area contributed by atoms with Gasteiger partial charge in [-0.3, -0.25) is 0 Å². The van der Waals surface area contributed by atoms with Crippen molar-refractivity contribution in [3.63, 3.8) is 0 Å². The highest BCUT2D eigenvalue weighted by Crippen LogP contribution is 2.23. The third-order valence-electron chi connectivity index (χ3n) is 2.72. The predicted molar refractivity (Wildman–Crippen MR) is 71.9 cm³/mol. The van der Waals surface area contributed by atoms with E-state index in [4.69, 9.17) is 0 Å². The molecule has 0 saturated heterocycles. The molecule has 0 bridgehead atoms. The SMILES string of the molecule is CCC(Br)Cc1ccc(C(C)(C)C)cc1. The van der Waals surface area contributed by atoms with Crippen LogP contribution in [0.1, 0.15) is 45.2 Å². The highest BCUT2D eigenvalue weighted by molar-refractivity contribution is 9.09. The summed E-state index contributed by atoms with van der Waals surface area (Å²) in [6.45, 7) is 8.97. The largest absolute Gasteiger partial charge is 0.0887 e. The normalized spacial score (nSPS) is 13.9. The number of halogens is 1. The first-order chi connectivity index (χ1) is 6.93. The molecule has 15 heavy (non-hydrogen) atoms.